The van der Waals surface area contributed by atoms with Gasteiger partial charge in [0.05, 0.1) is 45.7 Å². The lowest BCUT2D eigenvalue weighted by molar-refractivity contribution is -0.143. The Morgan fingerprint density at radius 2 is 1.48 bits per heavy atom. The van der Waals surface area contributed by atoms with Gasteiger partial charge in [-0.3, -0.25) is 24.6 Å². The zero-order chi connectivity index (χ0) is 41.5. The summed E-state index contributed by atoms with van der Waals surface area (Å²) in [6.45, 7) is 5.65. The fraction of sp³-hybridized carbons (Fsp3) is 0.273. The summed E-state index contributed by atoms with van der Waals surface area (Å²) in [7, 11) is 0. The summed E-state index contributed by atoms with van der Waals surface area (Å²) in [6.07, 6.45) is -7.34. The number of rotatable bonds is 7. The van der Waals surface area contributed by atoms with Crippen molar-refractivity contribution in [1.29, 1.82) is 0 Å². The zero-order valence-corrected chi connectivity index (χ0v) is 30.8. The van der Waals surface area contributed by atoms with E-state index in [2.05, 4.69) is 12.0 Å². The fourth-order valence-corrected chi connectivity index (χ4v) is 9.58. The summed E-state index contributed by atoms with van der Waals surface area (Å²) in [5.74, 6) is -9.40. The van der Waals surface area contributed by atoms with Crippen molar-refractivity contribution in [2.45, 2.75) is 49.9 Å². The molecule has 4 aromatic rings. The van der Waals surface area contributed by atoms with Crippen LogP contribution in [0.3, 0.4) is 0 Å². The standard InChI is InChI=1S/C44H35F6N3O5/c1-3-8-24-9-7-12-32(37(24)54)36-30-17-18-31-35(40(57)52(38(31)55)29-20-26(43(45,46)47)19-27(21-29)44(48,49)50)33(30)22-34-39(56)53(51-28-15-13-23(2)14-16-28)41(58)42(34,36)25-10-5-4-6-11-25/h3-7,9-17,19-21,31,33-36,51,54H,1,8,18,22H2,2H3/t31-,33+,34-,35-,36+,42+/m0/s1. The van der Waals surface area contributed by atoms with Crippen molar-refractivity contribution >= 4 is 35.0 Å². The fourth-order valence-electron chi connectivity index (χ4n) is 9.58. The van der Waals surface area contributed by atoms with Crippen LogP contribution in [0.2, 0.25) is 0 Å². The van der Waals surface area contributed by atoms with E-state index < -0.39 is 87.8 Å². The monoisotopic (exact) mass is 799 g/mol. The first-order valence-electron chi connectivity index (χ1n) is 18.5. The van der Waals surface area contributed by atoms with Crippen LogP contribution in [0, 0.1) is 30.6 Å². The Kier molecular flexibility index (Phi) is 9.16. The Hall–Kier alpha value is -6.18. The Morgan fingerprint density at radius 1 is 0.828 bits per heavy atom. The topological polar surface area (TPSA) is 107 Å². The number of carbonyl (C=O) groups excluding carboxylic acids is 4. The number of hydrazine groups is 1. The number of phenolic OH excluding ortho intramolecular Hbond substituents is 1. The van der Waals surface area contributed by atoms with Crippen molar-refractivity contribution in [3.05, 3.63) is 149 Å². The largest absolute Gasteiger partial charge is 0.507 e. The van der Waals surface area contributed by atoms with E-state index >= 15 is 4.79 Å². The van der Waals surface area contributed by atoms with Gasteiger partial charge in [-0.2, -0.15) is 31.4 Å². The molecular formula is C44H35F6N3O5. The normalized spacial score (nSPS) is 25.6. The number of hydrogen-bond donors (Lipinski definition) is 2. The number of amides is 4. The molecular weight excluding hydrogens is 764 g/mol. The summed E-state index contributed by atoms with van der Waals surface area (Å²) < 4.78 is 83.7. The molecule has 2 N–H and O–H groups in total. The van der Waals surface area contributed by atoms with Gasteiger partial charge in [-0.25, -0.2) is 4.90 Å². The minimum atomic E-state index is -5.24. The molecule has 58 heavy (non-hydrogen) atoms. The van der Waals surface area contributed by atoms with E-state index in [-0.39, 0.29) is 36.6 Å². The third-order valence-electron chi connectivity index (χ3n) is 12.0. The number of carbonyl (C=O) groups is 4. The molecule has 0 unspecified atom stereocenters. The first-order chi connectivity index (χ1) is 27.5. The number of imide groups is 2. The number of nitrogens with one attached hydrogen (secondary N) is 1. The van der Waals surface area contributed by atoms with E-state index in [4.69, 9.17) is 0 Å². The van der Waals surface area contributed by atoms with Gasteiger partial charge >= 0.3 is 12.4 Å². The number of halogens is 6. The molecule has 0 radical (unpaired) electrons. The lowest BCUT2D eigenvalue weighted by Crippen LogP contribution is -2.53. The second-order valence-corrected chi connectivity index (χ2v) is 15.2. The van der Waals surface area contributed by atoms with E-state index in [1.165, 1.54) is 0 Å². The third-order valence-corrected chi connectivity index (χ3v) is 12.0. The molecule has 14 heteroatoms. The molecule has 4 aromatic carbocycles. The molecule has 2 aliphatic heterocycles. The van der Waals surface area contributed by atoms with Crippen LogP contribution < -0.4 is 10.3 Å². The molecule has 0 aromatic heterocycles. The van der Waals surface area contributed by atoms with Crippen LogP contribution in [0.25, 0.3) is 0 Å². The summed E-state index contributed by atoms with van der Waals surface area (Å²) in [5, 5.41) is 12.9. The van der Waals surface area contributed by atoms with Gasteiger partial charge in [0, 0.05) is 11.5 Å². The van der Waals surface area contributed by atoms with Gasteiger partial charge in [-0.15, -0.1) is 6.58 Å². The molecule has 2 aliphatic carbocycles. The van der Waals surface area contributed by atoms with Crippen molar-refractivity contribution in [2.24, 2.45) is 23.7 Å². The highest BCUT2D eigenvalue weighted by molar-refractivity contribution is 6.22. The zero-order valence-electron chi connectivity index (χ0n) is 30.8. The number of fused-ring (bicyclic) bond motifs is 4. The predicted octanol–water partition coefficient (Wildman–Crippen LogP) is 8.66. The Bertz CT molecular complexity index is 2380. The number of para-hydroxylation sites is 1. The average molecular weight is 800 g/mol. The second kappa shape index (κ2) is 13.7. The second-order valence-electron chi connectivity index (χ2n) is 15.2. The van der Waals surface area contributed by atoms with Crippen molar-refractivity contribution in [1.82, 2.24) is 5.01 Å². The summed E-state index contributed by atoms with van der Waals surface area (Å²) >= 11 is 0. The van der Waals surface area contributed by atoms with E-state index in [0.29, 0.717) is 39.4 Å². The lowest BCUT2D eigenvalue weighted by Gasteiger charge is -2.50. The number of benzene rings is 4. The van der Waals surface area contributed by atoms with Crippen LogP contribution in [0.1, 0.15) is 52.1 Å². The van der Waals surface area contributed by atoms with E-state index in [0.717, 1.165) is 10.6 Å². The number of aromatic hydroxyl groups is 1. The highest BCUT2D eigenvalue weighted by Gasteiger charge is 2.70. The maximum atomic E-state index is 15.3. The first-order valence-corrected chi connectivity index (χ1v) is 18.5. The molecule has 298 valence electrons. The summed E-state index contributed by atoms with van der Waals surface area (Å²) in [4.78, 5) is 59.3. The number of alkyl halides is 6. The van der Waals surface area contributed by atoms with Gasteiger partial charge in [-0.05, 0) is 73.6 Å². The molecule has 4 amide bonds. The van der Waals surface area contributed by atoms with Crippen LogP contribution in [0.15, 0.2) is 115 Å². The molecule has 8 rings (SSSR count). The average Bonchev–Trinajstić information content (AvgIpc) is 3.57. The highest BCUT2D eigenvalue weighted by Crippen LogP contribution is 2.65. The van der Waals surface area contributed by atoms with E-state index in [9.17, 15) is 45.8 Å². The SMILES string of the molecule is C=CCc1cccc([C@H]2C3=CC[C@@H]4C(=O)N(c5cc(C(F)(F)F)cc(C(F)(F)F)c5)C(=O)[C@@H]4[C@@H]3C[C@H]3C(=O)N(Nc4ccc(C)cc4)C(=O)[C@@]23c2ccccc2)c1O. The first kappa shape index (κ1) is 38.7. The molecule has 0 bridgehead atoms. The van der Waals surface area contributed by atoms with Crippen molar-refractivity contribution in [2.75, 3.05) is 10.3 Å². The molecule has 2 heterocycles. The molecule has 3 fully saturated rings. The van der Waals surface area contributed by atoms with Gasteiger partial charge in [-0.1, -0.05) is 84.0 Å². The minimum absolute atomic E-state index is 0.0811. The predicted molar refractivity (Wildman–Crippen MR) is 200 cm³/mol. The van der Waals surface area contributed by atoms with Crippen molar-refractivity contribution in [3.8, 4) is 5.75 Å². The highest BCUT2D eigenvalue weighted by atomic mass is 19.4. The van der Waals surface area contributed by atoms with Gasteiger partial charge in [0.2, 0.25) is 11.8 Å². The van der Waals surface area contributed by atoms with Crippen molar-refractivity contribution < 1.29 is 50.6 Å². The molecule has 4 aliphatic rings. The number of anilines is 2. The Labute approximate surface area is 328 Å². The number of allylic oxidation sites excluding steroid dienone is 3. The summed E-state index contributed by atoms with van der Waals surface area (Å²) in [5.41, 5.74) is -0.101. The molecule has 1 saturated carbocycles. The molecule has 0 spiro atoms. The number of aryl methyl sites for hydroxylation is 1. The maximum absolute atomic E-state index is 15.3. The number of hydrogen-bond acceptors (Lipinski definition) is 6. The van der Waals surface area contributed by atoms with Crippen LogP contribution >= 0.6 is 0 Å². The van der Waals surface area contributed by atoms with Crippen LogP contribution in [-0.4, -0.2) is 33.7 Å². The Morgan fingerprint density at radius 3 is 2.10 bits per heavy atom. The van der Waals surface area contributed by atoms with E-state index in [1.807, 2.05) is 6.92 Å². The summed E-state index contributed by atoms with van der Waals surface area (Å²) in [6, 6.07) is 21.1. The number of phenols is 1. The number of nitrogens with zero attached hydrogens (tertiary/aromatic N) is 2. The Balaban J connectivity index is 1.32. The van der Waals surface area contributed by atoms with Crippen molar-refractivity contribution in [3.63, 3.8) is 0 Å². The van der Waals surface area contributed by atoms with Crippen LogP contribution in [-0.2, 0) is 43.4 Å². The van der Waals surface area contributed by atoms with Crippen LogP contribution in [0.5, 0.6) is 5.75 Å². The maximum Gasteiger partial charge on any atom is 0.416 e. The minimum Gasteiger partial charge on any atom is -0.507 e. The smallest absolute Gasteiger partial charge is 0.416 e. The third kappa shape index (κ3) is 5.90. The van der Waals surface area contributed by atoms with Gasteiger partial charge in [0.25, 0.3) is 11.8 Å². The van der Waals surface area contributed by atoms with Gasteiger partial charge in [0.1, 0.15) is 5.75 Å². The quantitative estimate of drug-likeness (QED) is 0.110. The van der Waals surface area contributed by atoms with Crippen LogP contribution in [0.4, 0.5) is 37.7 Å². The van der Waals surface area contributed by atoms with Gasteiger partial charge in [0.15, 0.2) is 0 Å². The van der Waals surface area contributed by atoms with E-state index in [1.54, 1.807) is 84.9 Å². The molecule has 8 nitrogen and oxygen atoms in total. The molecule has 6 atom stereocenters. The molecule has 2 saturated heterocycles. The van der Waals surface area contributed by atoms with Gasteiger partial charge < -0.3 is 5.11 Å². The lowest BCUT2D eigenvalue weighted by atomic mass is 9.49.